The number of methoxy groups -OCH3 is 1. The SMILES string of the molecule is COc1c(CN2O[C@@H](CO)[C@@H]([C@H](C)O)[C@H]2C(=O)NC2C[C@H]3C[C@@H]([C@@H]2C)C3(C)C)cccc1-c1cc2c(c(C(=O)N[C@H](CN(C)C)CC(C)(C)C)c1)OCC2. The van der Waals surface area contributed by atoms with E-state index in [2.05, 4.69) is 63.1 Å². The number of carbonyl (C=O) groups excluding carboxylic acids is 2. The maximum Gasteiger partial charge on any atom is 0.255 e. The molecule has 2 aromatic rings. The van der Waals surface area contributed by atoms with E-state index >= 15 is 0 Å². The summed E-state index contributed by atoms with van der Waals surface area (Å²) >= 11 is 0. The number of para-hydroxylation sites is 1. The number of hydroxylamine groups is 2. The van der Waals surface area contributed by atoms with E-state index in [4.69, 9.17) is 14.3 Å². The minimum Gasteiger partial charge on any atom is -0.496 e. The molecule has 9 atom stereocenters. The van der Waals surface area contributed by atoms with Gasteiger partial charge in [-0.15, -0.1) is 0 Å². The first-order chi connectivity index (χ1) is 25.4. The maximum atomic E-state index is 14.3. The molecule has 3 saturated carbocycles. The lowest BCUT2D eigenvalue weighted by Crippen LogP contribution is -2.62. The molecule has 2 aromatic carbocycles. The lowest BCUT2D eigenvalue weighted by Gasteiger charge is -2.62. The molecule has 7 rings (SSSR count). The fraction of sp³-hybridized carbons (Fsp3) is 0.674. The van der Waals surface area contributed by atoms with E-state index in [1.165, 1.54) is 6.42 Å². The Hall–Kier alpha value is -3.22. The highest BCUT2D eigenvalue weighted by molar-refractivity contribution is 5.99. The molecule has 1 unspecified atom stereocenters. The van der Waals surface area contributed by atoms with Crippen LogP contribution in [-0.4, -0.2) is 103 Å². The fourth-order valence-electron chi connectivity index (χ4n) is 10.1. The Labute approximate surface area is 322 Å². The lowest BCUT2D eigenvalue weighted by atomic mass is 9.45. The van der Waals surface area contributed by atoms with E-state index in [-0.39, 0.29) is 47.9 Å². The summed E-state index contributed by atoms with van der Waals surface area (Å²) in [6.07, 6.45) is 2.00. The standard InChI is InChI=1S/C43H64N4O7/c1-24-33-18-29(43(33,6)7)19-34(24)45-41(51)37-36(25(2)49)35(23-48)54-47(37)21-27-12-11-13-31(38(27)52-10)28-16-26-14-15-53-39(26)32(17-28)40(50)44-30(22-46(8)9)20-42(3,4)5/h11-13,16-17,24-25,29-30,33-37,48-49H,14-15,18-23H2,1-10H3,(H,44,50)(H,45,51)/t24-,25-,29+,30-,33-,34?,35-,36+,37-/m0/s1. The monoisotopic (exact) mass is 748 g/mol. The summed E-state index contributed by atoms with van der Waals surface area (Å²) < 4.78 is 12.1. The Morgan fingerprint density at radius 3 is 2.52 bits per heavy atom. The number of hydrogen-bond donors (Lipinski definition) is 4. The average Bonchev–Trinajstić information content (AvgIpc) is 3.72. The molecule has 0 radical (unpaired) electrons. The van der Waals surface area contributed by atoms with Crippen LogP contribution >= 0.6 is 0 Å². The zero-order chi connectivity index (χ0) is 39.3. The van der Waals surface area contributed by atoms with Crippen LogP contribution in [0.5, 0.6) is 11.5 Å². The highest BCUT2D eigenvalue weighted by atomic mass is 16.7. The predicted molar refractivity (Wildman–Crippen MR) is 209 cm³/mol. The van der Waals surface area contributed by atoms with Gasteiger partial charge in [0.25, 0.3) is 5.91 Å². The molecular formula is C43H64N4O7. The first kappa shape index (κ1) is 40.4. The van der Waals surface area contributed by atoms with Crippen molar-refractivity contribution in [3.8, 4) is 22.6 Å². The number of amides is 2. The van der Waals surface area contributed by atoms with Crippen molar-refractivity contribution in [2.24, 2.45) is 34.5 Å². The smallest absolute Gasteiger partial charge is 0.255 e. The lowest BCUT2D eigenvalue weighted by molar-refractivity contribution is -0.183. The van der Waals surface area contributed by atoms with Gasteiger partial charge >= 0.3 is 0 Å². The largest absolute Gasteiger partial charge is 0.496 e. The number of likely N-dealkylation sites (N-methyl/N-ethyl adjacent to an activating group) is 1. The van der Waals surface area contributed by atoms with Crippen LogP contribution in [0.1, 0.15) is 89.2 Å². The molecule has 2 amide bonds. The van der Waals surface area contributed by atoms with Gasteiger partial charge < -0.3 is 35.2 Å². The topological polar surface area (TPSA) is 133 Å². The van der Waals surface area contributed by atoms with Gasteiger partial charge in [0, 0.05) is 42.1 Å². The number of rotatable bonds is 13. The van der Waals surface area contributed by atoms with Crippen LogP contribution in [-0.2, 0) is 22.6 Å². The van der Waals surface area contributed by atoms with Crippen molar-refractivity contribution in [2.75, 3.05) is 41.0 Å². The molecule has 11 nitrogen and oxygen atoms in total. The van der Waals surface area contributed by atoms with Crippen LogP contribution < -0.4 is 20.1 Å². The van der Waals surface area contributed by atoms with Crippen LogP contribution in [0, 0.1) is 34.5 Å². The van der Waals surface area contributed by atoms with Gasteiger partial charge in [0.1, 0.15) is 23.6 Å². The third-order valence-corrected chi connectivity index (χ3v) is 12.8. The molecule has 5 aliphatic rings. The molecule has 4 N–H and O–H groups in total. The maximum absolute atomic E-state index is 14.3. The van der Waals surface area contributed by atoms with Crippen molar-refractivity contribution in [1.82, 2.24) is 20.6 Å². The van der Waals surface area contributed by atoms with E-state index in [1.54, 1.807) is 19.1 Å². The van der Waals surface area contributed by atoms with Gasteiger partial charge in [0.15, 0.2) is 0 Å². The number of hydrogen-bond acceptors (Lipinski definition) is 9. The number of aliphatic hydroxyl groups is 2. The summed E-state index contributed by atoms with van der Waals surface area (Å²) in [5.41, 5.74) is 4.15. The fourth-order valence-corrected chi connectivity index (χ4v) is 10.1. The summed E-state index contributed by atoms with van der Waals surface area (Å²) in [5, 5.41) is 29.6. The van der Waals surface area contributed by atoms with Gasteiger partial charge in [0.05, 0.1) is 38.5 Å². The van der Waals surface area contributed by atoms with Crippen molar-refractivity contribution in [3.05, 3.63) is 47.0 Å². The number of benzene rings is 2. The van der Waals surface area contributed by atoms with E-state index in [9.17, 15) is 19.8 Å². The van der Waals surface area contributed by atoms with E-state index < -0.39 is 24.2 Å². The number of ether oxygens (including phenoxy) is 2. The highest BCUT2D eigenvalue weighted by Crippen LogP contribution is 2.61. The van der Waals surface area contributed by atoms with Crippen molar-refractivity contribution < 1.29 is 34.1 Å². The van der Waals surface area contributed by atoms with Crippen molar-refractivity contribution in [1.29, 1.82) is 0 Å². The van der Waals surface area contributed by atoms with Crippen molar-refractivity contribution in [3.63, 3.8) is 0 Å². The second kappa shape index (κ2) is 15.7. The molecule has 2 bridgehead atoms. The zero-order valence-corrected chi connectivity index (χ0v) is 34.1. The van der Waals surface area contributed by atoms with Gasteiger partial charge in [-0.05, 0) is 92.1 Å². The Morgan fingerprint density at radius 2 is 1.91 bits per heavy atom. The van der Waals surface area contributed by atoms with Crippen molar-refractivity contribution >= 4 is 11.8 Å². The summed E-state index contributed by atoms with van der Waals surface area (Å²) in [6.45, 7) is 16.2. The second-order valence-electron chi connectivity index (χ2n) is 18.5. The Kier molecular flexibility index (Phi) is 11.8. The van der Waals surface area contributed by atoms with Crippen LogP contribution in [0.4, 0.5) is 0 Å². The van der Waals surface area contributed by atoms with Gasteiger partial charge in [-0.25, -0.2) is 0 Å². The van der Waals surface area contributed by atoms with Gasteiger partial charge in [-0.3, -0.25) is 14.4 Å². The van der Waals surface area contributed by atoms with E-state index in [1.807, 2.05) is 38.4 Å². The molecule has 3 aliphatic carbocycles. The number of carbonyl (C=O) groups is 2. The van der Waals surface area contributed by atoms with Crippen LogP contribution in [0.15, 0.2) is 30.3 Å². The van der Waals surface area contributed by atoms with Gasteiger partial charge in [0.2, 0.25) is 5.91 Å². The highest BCUT2D eigenvalue weighted by Gasteiger charge is 2.57. The Balaban J connectivity index is 1.29. The van der Waals surface area contributed by atoms with Crippen molar-refractivity contribution in [2.45, 2.75) is 111 Å². The van der Waals surface area contributed by atoms with E-state index in [0.717, 1.165) is 35.1 Å². The molecule has 0 aromatic heterocycles. The van der Waals surface area contributed by atoms with E-state index in [0.29, 0.717) is 54.4 Å². The summed E-state index contributed by atoms with van der Waals surface area (Å²) in [7, 11) is 5.64. The molecule has 0 spiro atoms. The number of nitrogens with zero attached hydrogens (tertiary/aromatic N) is 2. The summed E-state index contributed by atoms with van der Waals surface area (Å²) in [4.78, 5) is 36.7. The minimum absolute atomic E-state index is 0.0268. The Morgan fingerprint density at radius 1 is 1.17 bits per heavy atom. The third-order valence-electron chi connectivity index (χ3n) is 12.8. The molecule has 1 saturated heterocycles. The molecule has 4 fully saturated rings. The minimum atomic E-state index is -0.897. The second-order valence-corrected chi connectivity index (χ2v) is 18.5. The molecule has 2 heterocycles. The molecule has 2 aliphatic heterocycles. The molecule has 298 valence electrons. The van der Waals surface area contributed by atoms with Crippen LogP contribution in [0.2, 0.25) is 0 Å². The third kappa shape index (κ3) is 8.03. The predicted octanol–water partition coefficient (Wildman–Crippen LogP) is 5.05. The first-order valence-electron chi connectivity index (χ1n) is 19.9. The summed E-state index contributed by atoms with van der Waals surface area (Å²) in [6, 6.07) is 8.95. The number of aliphatic hydroxyl groups excluding tert-OH is 2. The van der Waals surface area contributed by atoms with Gasteiger partial charge in [-0.1, -0.05) is 59.7 Å². The molecular weight excluding hydrogens is 684 g/mol. The van der Waals surface area contributed by atoms with Crippen LogP contribution in [0.3, 0.4) is 0 Å². The molecule has 11 heteroatoms. The quantitative estimate of drug-likeness (QED) is 0.222. The normalized spacial score (nSPS) is 28.5. The number of fused-ring (bicyclic) bond motifs is 3. The van der Waals surface area contributed by atoms with Gasteiger partial charge in [-0.2, -0.15) is 5.06 Å². The molecule has 54 heavy (non-hydrogen) atoms. The van der Waals surface area contributed by atoms with Crippen LogP contribution in [0.25, 0.3) is 11.1 Å². The Bertz CT molecular complexity index is 1690. The summed E-state index contributed by atoms with van der Waals surface area (Å²) in [5.74, 6) is 1.67. The first-order valence-corrected chi connectivity index (χ1v) is 19.9. The number of nitrogens with one attached hydrogen (secondary N) is 2. The average molecular weight is 749 g/mol. The zero-order valence-electron chi connectivity index (χ0n) is 34.1.